The van der Waals surface area contributed by atoms with Gasteiger partial charge < -0.3 is 14.7 Å². The van der Waals surface area contributed by atoms with E-state index in [1.54, 1.807) is 54.6 Å². The Morgan fingerprint density at radius 3 is 2.18 bits per heavy atom. The maximum absolute atomic E-state index is 13.0. The summed E-state index contributed by atoms with van der Waals surface area (Å²) in [5.41, 5.74) is 0.922. The number of benzene rings is 2. The summed E-state index contributed by atoms with van der Waals surface area (Å²) in [7, 11) is -2.76. The van der Waals surface area contributed by atoms with E-state index >= 15 is 0 Å². The van der Waals surface area contributed by atoms with E-state index in [9.17, 15) is 14.8 Å². The second-order valence-corrected chi connectivity index (χ2v) is 7.41. The summed E-state index contributed by atoms with van der Waals surface area (Å²) in [4.78, 5) is 0. The third-order valence-electron chi connectivity index (χ3n) is 3.94. The van der Waals surface area contributed by atoms with Gasteiger partial charge in [0.2, 0.25) is 5.34 Å². The smallest absolute Gasteiger partial charge is 0.369 e. The van der Waals surface area contributed by atoms with Gasteiger partial charge in [-0.15, -0.1) is 0 Å². The fraction of sp³-hybridized carbons (Fsp3) is 0.250. The molecule has 0 aromatic heterocycles. The Morgan fingerprint density at radius 2 is 1.64 bits per heavy atom. The highest BCUT2D eigenvalue weighted by Gasteiger charge is 2.65. The first-order valence-corrected chi connectivity index (χ1v) is 8.42. The van der Waals surface area contributed by atoms with Crippen molar-refractivity contribution in [3.63, 3.8) is 0 Å². The van der Waals surface area contributed by atoms with Gasteiger partial charge in [0.15, 0.2) is 0 Å². The predicted molar refractivity (Wildman–Crippen MR) is 81.2 cm³/mol. The molecule has 2 aromatic rings. The molecule has 1 saturated heterocycles. The van der Waals surface area contributed by atoms with Gasteiger partial charge in [0.1, 0.15) is 12.2 Å². The zero-order valence-corrected chi connectivity index (χ0v) is 12.9. The molecule has 4 atom stereocenters. The van der Waals surface area contributed by atoms with E-state index in [2.05, 4.69) is 0 Å². The van der Waals surface area contributed by atoms with E-state index in [-0.39, 0.29) is 0 Å². The quantitative estimate of drug-likeness (QED) is 0.851. The van der Waals surface area contributed by atoms with Crippen molar-refractivity contribution >= 4 is 7.60 Å². The first-order valence-electron chi connectivity index (χ1n) is 6.88. The average molecular weight is 320 g/mol. The molecule has 2 aromatic carbocycles. The predicted octanol–water partition coefficient (Wildman–Crippen LogP) is 2.80. The van der Waals surface area contributed by atoms with Gasteiger partial charge in [0.25, 0.3) is 0 Å². The van der Waals surface area contributed by atoms with Crippen LogP contribution < -0.4 is 0 Å². The first kappa shape index (κ1) is 15.4. The highest BCUT2D eigenvalue weighted by atomic mass is 31.2. The number of rotatable bonds is 3. The third kappa shape index (κ3) is 2.14. The van der Waals surface area contributed by atoms with Crippen molar-refractivity contribution in [1.82, 2.24) is 0 Å². The van der Waals surface area contributed by atoms with Crippen molar-refractivity contribution in [3.8, 4) is 0 Å². The van der Waals surface area contributed by atoms with Gasteiger partial charge in [-0.3, -0.25) is 9.09 Å². The summed E-state index contributed by atoms with van der Waals surface area (Å²) in [6, 6.07) is 17.2. The van der Waals surface area contributed by atoms with E-state index < -0.39 is 25.1 Å². The molecule has 1 aliphatic rings. The molecular weight excluding hydrogens is 303 g/mol. The minimum absolute atomic E-state index is 0.297. The van der Waals surface area contributed by atoms with Crippen LogP contribution in [0.25, 0.3) is 0 Å². The zero-order valence-electron chi connectivity index (χ0n) is 12.0. The fourth-order valence-corrected chi connectivity index (χ4v) is 4.73. The lowest BCUT2D eigenvalue weighted by Gasteiger charge is -2.29. The topological polar surface area (TPSA) is 76.0 Å². The average Bonchev–Trinajstić information content (AvgIpc) is 2.79. The number of hydrogen-bond donors (Lipinski definition) is 2. The van der Waals surface area contributed by atoms with Gasteiger partial charge in [-0.1, -0.05) is 60.7 Å². The Morgan fingerprint density at radius 1 is 1.09 bits per heavy atom. The fourth-order valence-electron chi connectivity index (χ4n) is 2.74. The summed E-state index contributed by atoms with van der Waals surface area (Å²) in [6.45, 7) is 0. The van der Waals surface area contributed by atoms with E-state index in [1.165, 1.54) is 7.11 Å². The Hall–Kier alpha value is -1.49. The molecule has 6 heteroatoms. The summed E-state index contributed by atoms with van der Waals surface area (Å²) in [6.07, 6.45) is -2.35. The molecule has 1 aliphatic heterocycles. The summed E-state index contributed by atoms with van der Waals surface area (Å²) in [5, 5.41) is 19.6. The van der Waals surface area contributed by atoms with Crippen LogP contribution in [0.3, 0.4) is 0 Å². The van der Waals surface area contributed by atoms with Gasteiger partial charge in [-0.05, 0) is 11.1 Å². The molecule has 0 radical (unpaired) electrons. The largest absolute Gasteiger partial charge is 0.386 e. The maximum Gasteiger partial charge on any atom is 0.369 e. The standard InChI is InChI=1S/C16H17O5P/c1-20-22(19)16(18,13-10-6-3-7-11-13)15(17)14(21-22)12-8-4-2-5-9-12/h2-11,14-15,17-18H,1H3/t14-,15-,16-,22+/m0/s1. The van der Waals surface area contributed by atoms with Crippen LogP contribution in [-0.4, -0.2) is 23.4 Å². The van der Waals surface area contributed by atoms with Gasteiger partial charge in [0.05, 0.1) is 0 Å². The van der Waals surface area contributed by atoms with Crippen molar-refractivity contribution in [2.45, 2.75) is 17.6 Å². The molecule has 0 aliphatic carbocycles. The van der Waals surface area contributed by atoms with Crippen LogP contribution in [0, 0.1) is 0 Å². The van der Waals surface area contributed by atoms with E-state index in [0.29, 0.717) is 11.1 Å². The first-order chi connectivity index (χ1) is 10.5. The van der Waals surface area contributed by atoms with Crippen LogP contribution in [0.2, 0.25) is 0 Å². The molecule has 1 heterocycles. The second-order valence-electron chi connectivity index (χ2n) is 5.15. The summed E-state index contributed by atoms with van der Waals surface area (Å²) in [5.74, 6) is 0. The van der Waals surface area contributed by atoms with Crippen molar-refractivity contribution in [3.05, 3.63) is 71.8 Å². The number of hydrogen-bond acceptors (Lipinski definition) is 5. The number of aliphatic hydroxyl groups is 2. The van der Waals surface area contributed by atoms with Crippen molar-refractivity contribution in [2.75, 3.05) is 7.11 Å². The van der Waals surface area contributed by atoms with Crippen LogP contribution in [0.1, 0.15) is 17.2 Å². The molecule has 2 N–H and O–H groups in total. The van der Waals surface area contributed by atoms with Crippen LogP contribution >= 0.6 is 7.60 Å². The van der Waals surface area contributed by atoms with E-state index in [0.717, 1.165) is 0 Å². The van der Waals surface area contributed by atoms with Crippen LogP contribution in [-0.2, 0) is 19.0 Å². The van der Waals surface area contributed by atoms with Crippen molar-refractivity contribution in [2.24, 2.45) is 0 Å². The van der Waals surface area contributed by atoms with Gasteiger partial charge in [0, 0.05) is 7.11 Å². The van der Waals surface area contributed by atoms with E-state index in [4.69, 9.17) is 9.05 Å². The third-order valence-corrected chi connectivity index (χ3v) is 6.28. The van der Waals surface area contributed by atoms with Gasteiger partial charge >= 0.3 is 7.60 Å². The highest BCUT2D eigenvalue weighted by Crippen LogP contribution is 2.73. The highest BCUT2D eigenvalue weighted by molar-refractivity contribution is 7.55. The summed E-state index contributed by atoms with van der Waals surface area (Å²) >= 11 is 0. The summed E-state index contributed by atoms with van der Waals surface area (Å²) < 4.78 is 23.5. The molecule has 0 bridgehead atoms. The minimum atomic E-state index is -3.97. The van der Waals surface area contributed by atoms with Crippen LogP contribution in [0.4, 0.5) is 0 Å². The molecule has 0 unspecified atom stereocenters. The number of aliphatic hydroxyl groups excluding tert-OH is 1. The molecule has 0 saturated carbocycles. The zero-order chi connectivity index (χ0) is 15.8. The Bertz CT molecular complexity index is 690. The molecular formula is C16H17O5P. The molecule has 0 spiro atoms. The molecule has 22 heavy (non-hydrogen) atoms. The SMILES string of the molecule is CO[P@@]1(=O)O[C@@H](c2ccccc2)[C@H](O)[C@]1(O)c1ccccc1. The van der Waals surface area contributed by atoms with Gasteiger partial charge in [-0.25, -0.2) is 0 Å². The molecule has 0 amide bonds. The minimum Gasteiger partial charge on any atom is -0.386 e. The second kappa shape index (κ2) is 5.61. The Balaban J connectivity index is 2.11. The lowest BCUT2D eigenvalue weighted by Crippen LogP contribution is -2.37. The van der Waals surface area contributed by atoms with Gasteiger partial charge in [-0.2, -0.15) is 0 Å². The molecule has 116 valence electrons. The molecule has 3 rings (SSSR count). The Kier molecular flexibility index (Phi) is 3.93. The van der Waals surface area contributed by atoms with Crippen LogP contribution in [0.15, 0.2) is 60.7 Å². The lowest BCUT2D eigenvalue weighted by atomic mass is 9.95. The Labute approximate surface area is 128 Å². The maximum atomic E-state index is 13.0. The monoisotopic (exact) mass is 320 g/mol. The van der Waals surface area contributed by atoms with Crippen LogP contribution in [0.5, 0.6) is 0 Å². The van der Waals surface area contributed by atoms with Crippen molar-refractivity contribution < 1.29 is 23.8 Å². The van der Waals surface area contributed by atoms with Crippen molar-refractivity contribution in [1.29, 1.82) is 0 Å². The molecule has 1 fully saturated rings. The lowest BCUT2D eigenvalue weighted by molar-refractivity contribution is -0.0385. The molecule has 5 nitrogen and oxygen atoms in total. The normalized spacial score (nSPS) is 34.7. The van der Waals surface area contributed by atoms with E-state index in [1.807, 2.05) is 6.07 Å².